The molecule has 4 rings (SSSR count). The topological polar surface area (TPSA) is 67.2 Å². The third-order valence-corrected chi connectivity index (χ3v) is 5.72. The summed E-state index contributed by atoms with van der Waals surface area (Å²) in [5, 5.41) is 3.86. The van der Waals surface area contributed by atoms with Crippen molar-refractivity contribution in [3.63, 3.8) is 0 Å². The Morgan fingerprint density at radius 3 is 2.88 bits per heavy atom. The van der Waals surface area contributed by atoms with Gasteiger partial charge in [-0.25, -0.2) is 4.98 Å². The van der Waals surface area contributed by atoms with Gasteiger partial charge >= 0.3 is 0 Å². The van der Waals surface area contributed by atoms with Crippen molar-refractivity contribution < 1.29 is 4.21 Å². The van der Waals surface area contributed by atoms with Gasteiger partial charge in [0.2, 0.25) is 0 Å². The Morgan fingerprint density at radius 1 is 1.12 bits per heavy atom. The normalized spacial score (nSPS) is 20.9. The average molecular weight is 383 g/mol. The van der Waals surface area contributed by atoms with Gasteiger partial charge in [0.25, 0.3) is 0 Å². The first-order valence-electron chi connectivity index (χ1n) is 8.05. The molecule has 0 fully saturated rings. The second-order valence-electron chi connectivity index (χ2n) is 5.72. The highest BCUT2D eigenvalue weighted by Gasteiger charge is 2.23. The van der Waals surface area contributed by atoms with Crippen LogP contribution in [0.15, 0.2) is 64.6 Å². The maximum absolute atomic E-state index is 12.7. The summed E-state index contributed by atoms with van der Waals surface area (Å²) in [5.74, 6) is 0. The smallest absolute Gasteiger partial charge is 0.180 e. The van der Waals surface area contributed by atoms with Crippen molar-refractivity contribution >= 4 is 45.7 Å². The first-order valence-corrected chi connectivity index (χ1v) is 9.64. The fourth-order valence-corrected chi connectivity index (χ4v) is 3.91. The molecule has 0 saturated heterocycles. The fraction of sp³-hybridized carbons (Fsp3) is 0.105. The van der Waals surface area contributed by atoms with Crippen LogP contribution in [0.2, 0.25) is 5.02 Å². The summed E-state index contributed by atoms with van der Waals surface area (Å²) in [6.07, 6.45) is 5.16. The molecule has 0 spiro atoms. The van der Waals surface area contributed by atoms with E-state index in [9.17, 15) is 4.21 Å². The van der Waals surface area contributed by atoms with Gasteiger partial charge in [-0.2, -0.15) is 0 Å². The Labute approximate surface area is 158 Å². The Balaban J connectivity index is 1.48. The van der Waals surface area contributed by atoms with Gasteiger partial charge in [-0.3, -0.25) is 19.5 Å². The Hall–Kier alpha value is -2.41. The van der Waals surface area contributed by atoms with E-state index in [1.54, 1.807) is 18.5 Å². The Bertz CT molecular complexity index is 1050. The zero-order valence-electron chi connectivity index (χ0n) is 13.7. The lowest BCUT2D eigenvalue weighted by atomic mass is 10.2. The van der Waals surface area contributed by atoms with Crippen molar-refractivity contribution in [1.82, 2.24) is 15.3 Å². The van der Waals surface area contributed by atoms with E-state index in [0.29, 0.717) is 16.5 Å². The average Bonchev–Trinajstić information content (AvgIpc) is 3.01. The van der Waals surface area contributed by atoms with Gasteiger partial charge in [0.15, 0.2) is 5.50 Å². The molecule has 0 radical (unpaired) electrons. The molecule has 0 amide bonds. The molecule has 3 aromatic rings. The van der Waals surface area contributed by atoms with E-state index in [2.05, 4.69) is 20.3 Å². The van der Waals surface area contributed by atoms with Crippen molar-refractivity contribution in [3.8, 4) is 0 Å². The van der Waals surface area contributed by atoms with Crippen LogP contribution in [-0.2, 0) is 17.3 Å². The Kier molecular flexibility index (Phi) is 4.88. The van der Waals surface area contributed by atoms with Crippen LogP contribution in [0.4, 0.5) is 0 Å². The van der Waals surface area contributed by atoms with Crippen molar-refractivity contribution in [2.24, 2.45) is 4.99 Å². The molecule has 1 aliphatic heterocycles. The summed E-state index contributed by atoms with van der Waals surface area (Å²) in [5.41, 5.74) is 2.82. The minimum atomic E-state index is -1.28. The molecule has 0 aliphatic carbocycles. The van der Waals surface area contributed by atoms with Crippen molar-refractivity contribution in [3.05, 3.63) is 75.9 Å². The number of aliphatic imine (C=N–C) groups is 1. The van der Waals surface area contributed by atoms with Crippen LogP contribution in [0.3, 0.4) is 0 Å². The van der Waals surface area contributed by atoms with E-state index in [1.165, 1.54) is 0 Å². The summed E-state index contributed by atoms with van der Waals surface area (Å²) < 4.78 is 12.7. The number of hydrogen-bond donors (Lipinski definition) is 1. The van der Waals surface area contributed by atoms with E-state index in [-0.39, 0.29) is 0 Å². The quantitative estimate of drug-likeness (QED) is 0.749. The van der Waals surface area contributed by atoms with Crippen LogP contribution >= 0.6 is 11.6 Å². The molecular formula is C19H15ClN4OS. The molecule has 1 aliphatic rings. The number of rotatable bonds is 4. The van der Waals surface area contributed by atoms with E-state index in [4.69, 9.17) is 11.6 Å². The third kappa shape index (κ3) is 3.58. The van der Waals surface area contributed by atoms with E-state index >= 15 is 0 Å². The molecule has 130 valence electrons. The van der Waals surface area contributed by atoms with Gasteiger partial charge in [-0.15, -0.1) is 0 Å². The third-order valence-electron chi connectivity index (χ3n) is 3.97. The number of hydrogen-bond acceptors (Lipinski definition) is 5. The predicted octanol–water partition coefficient (Wildman–Crippen LogP) is 3.53. The summed E-state index contributed by atoms with van der Waals surface area (Å²) in [6.45, 7) is 0.501. The van der Waals surface area contributed by atoms with Crippen LogP contribution in [0.25, 0.3) is 17.1 Å². The van der Waals surface area contributed by atoms with Gasteiger partial charge in [0.1, 0.15) is 0 Å². The summed E-state index contributed by atoms with van der Waals surface area (Å²) in [4.78, 5) is 13.7. The SMILES string of the molecule is O=S1C(=Cc2ccc3ncccc3n2)C=NC1NCc1ccccc1Cl. The summed E-state index contributed by atoms with van der Waals surface area (Å²) >= 11 is 6.15. The molecule has 2 atom stereocenters. The number of nitrogens with one attached hydrogen (secondary N) is 1. The molecule has 2 aromatic heterocycles. The second-order valence-corrected chi connectivity index (χ2v) is 7.64. The Morgan fingerprint density at radius 2 is 2.00 bits per heavy atom. The van der Waals surface area contributed by atoms with Crippen LogP contribution in [0.5, 0.6) is 0 Å². The summed E-state index contributed by atoms with van der Waals surface area (Å²) in [7, 11) is -1.28. The molecule has 0 bridgehead atoms. The number of halogens is 1. The van der Waals surface area contributed by atoms with Crippen LogP contribution in [-0.4, -0.2) is 25.9 Å². The minimum absolute atomic E-state index is 0.486. The largest absolute Gasteiger partial charge is 0.281 e. The number of nitrogens with zero attached hydrogens (tertiary/aromatic N) is 3. The van der Waals surface area contributed by atoms with E-state index in [1.807, 2.05) is 48.5 Å². The van der Waals surface area contributed by atoms with Gasteiger partial charge in [0, 0.05) is 24.0 Å². The lowest BCUT2D eigenvalue weighted by Crippen LogP contribution is -2.28. The van der Waals surface area contributed by atoms with Crippen LogP contribution in [0, 0.1) is 0 Å². The van der Waals surface area contributed by atoms with Crippen LogP contribution < -0.4 is 5.32 Å². The van der Waals surface area contributed by atoms with Crippen molar-refractivity contribution in [1.29, 1.82) is 0 Å². The summed E-state index contributed by atoms with van der Waals surface area (Å²) in [6, 6.07) is 15.1. The molecule has 26 heavy (non-hydrogen) atoms. The highest BCUT2D eigenvalue weighted by molar-refractivity contribution is 7.91. The maximum atomic E-state index is 12.7. The predicted molar refractivity (Wildman–Crippen MR) is 106 cm³/mol. The highest BCUT2D eigenvalue weighted by Crippen LogP contribution is 2.20. The first-order chi connectivity index (χ1) is 12.7. The second kappa shape index (κ2) is 7.45. The number of allylic oxidation sites excluding steroid dienone is 1. The van der Waals surface area contributed by atoms with Gasteiger partial charge in [-0.05, 0) is 42.0 Å². The molecule has 7 heteroatoms. The molecular weight excluding hydrogens is 368 g/mol. The molecule has 1 N–H and O–H groups in total. The fourth-order valence-electron chi connectivity index (χ4n) is 2.64. The standard InChI is InChI=1S/C19H15ClN4OS/c20-16-5-2-1-4-13(16)11-22-19-23-12-15(26(19)25)10-14-7-8-17-18(24-14)6-3-9-21-17/h1-10,12,19,22H,11H2. The number of fused-ring (bicyclic) bond motifs is 1. The highest BCUT2D eigenvalue weighted by atomic mass is 35.5. The van der Waals surface area contributed by atoms with Gasteiger partial charge in [-0.1, -0.05) is 29.8 Å². The van der Waals surface area contributed by atoms with E-state index < -0.39 is 16.3 Å². The number of aromatic nitrogens is 2. The molecule has 5 nitrogen and oxygen atoms in total. The first kappa shape index (κ1) is 17.0. The molecule has 1 aromatic carbocycles. The van der Waals surface area contributed by atoms with Crippen molar-refractivity contribution in [2.75, 3.05) is 0 Å². The molecule has 3 heterocycles. The van der Waals surface area contributed by atoms with Crippen molar-refractivity contribution in [2.45, 2.75) is 12.0 Å². The zero-order chi connectivity index (χ0) is 17.9. The maximum Gasteiger partial charge on any atom is 0.180 e. The minimum Gasteiger partial charge on any atom is -0.281 e. The molecule has 0 saturated carbocycles. The number of pyridine rings is 2. The lowest BCUT2D eigenvalue weighted by Gasteiger charge is -2.10. The monoisotopic (exact) mass is 382 g/mol. The van der Waals surface area contributed by atoms with Gasteiger partial charge in [0.05, 0.1) is 32.4 Å². The van der Waals surface area contributed by atoms with E-state index in [0.717, 1.165) is 22.3 Å². The molecule has 2 unspecified atom stereocenters. The lowest BCUT2D eigenvalue weighted by molar-refractivity contribution is 0.631. The zero-order valence-corrected chi connectivity index (χ0v) is 15.2. The number of benzene rings is 1. The van der Waals surface area contributed by atoms with Gasteiger partial charge < -0.3 is 0 Å². The van der Waals surface area contributed by atoms with Crippen LogP contribution in [0.1, 0.15) is 11.3 Å².